The van der Waals surface area contributed by atoms with Crippen LogP contribution >= 0.6 is 15.9 Å². The topological polar surface area (TPSA) is 47.3 Å². The average Bonchev–Trinajstić information content (AvgIpc) is 2.49. The van der Waals surface area contributed by atoms with E-state index < -0.39 is 0 Å². The maximum absolute atomic E-state index is 13.9. The number of hydrogen-bond donors (Lipinski definition) is 2. The van der Waals surface area contributed by atoms with E-state index >= 15 is 0 Å². The number of rotatable bonds is 6. The highest BCUT2D eigenvalue weighted by Crippen LogP contribution is 2.18. The summed E-state index contributed by atoms with van der Waals surface area (Å²) in [6, 6.07) is 12.8. The van der Waals surface area contributed by atoms with Crippen LogP contribution in [0.3, 0.4) is 0 Å². The monoisotopic (exact) mass is 352 g/mol. The van der Waals surface area contributed by atoms with Crippen LogP contribution in [0.25, 0.3) is 0 Å². The highest BCUT2D eigenvalue weighted by atomic mass is 79.9. The van der Waals surface area contributed by atoms with Crippen molar-refractivity contribution < 1.29 is 9.13 Å². The average molecular weight is 353 g/mol. The summed E-state index contributed by atoms with van der Waals surface area (Å²) in [5.41, 5.74) is 4.53. The molecule has 0 radical (unpaired) electrons. The van der Waals surface area contributed by atoms with E-state index in [1.807, 2.05) is 30.3 Å². The molecule has 0 aliphatic rings. The first-order valence-corrected chi connectivity index (χ1v) is 7.44. The lowest BCUT2D eigenvalue weighted by Crippen LogP contribution is -2.38. The summed E-state index contributed by atoms with van der Waals surface area (Å²) >= 11 is 3.25. The molecule has 0 heterocycles. The molecule has 0 bridgehead atoms. The van der Waals surface area contributed by atoms with Crippen molar-refractivity contribution in [1.29, 1.82) is 0 Å². The summed E-state index contributed by atoms with van der Waals surface area (Å²) in [6.07, 6.45) is 1.25. The number of ether oxygens (including phenoxy) is 1. The Morgan fingerprint density at radius 3 is 2.48 bits per heavy atom. The zero-order chi connectivity index (χ0) is 15.2. The van der Waals surface area contributed by atoms with Crippen LogP contribution < -0.4 is 16.0 Å². The predicted molar refractivity (Wildman–Crippen MR) is 85.6 cm³/mol. The van der Waals surface area contributed by atoms with Gasteiger partial charge in [-0.3, -0.25) is 11.3 Å². The largest absolute Gasteiger partial charge is 0.497 e. The summed E-state index contributed by atoms with van der Waals surface area (Å²) in [7, 11) is 1.63. The van der Waals surface area contributed by atoms with Gasteiger partial charge in [-0.05, 0) is 48.2 Å². The Labute approximate surface area is 132 Å². The molecule has 0 saturated heterocycles. The van der Waals surface area contributed by atoms with Gasteiger partial charge < -0.3 is 4.74 Å². The van der Waals surface area contributed by atoms with E-state index in [0.717, 1.165) is 22.2 Å². The van der Waals surface area contributed by atoms with E-state index in [2.05, 4.69) is 21.4 Å². The van der Waals surface area contributed by atoms with Gasteiger partial charge in [0.15, 0.2) is 0 Å². The molecular formula is C16H18BrFN2O. The molecule has 3 nitrogen and oxygen atoms in total. The summed E-state index contributed by atoms with van der Waals surface area (Å²) in [4.78, 5) is 0. The molecule has 2 aromatic rings. The normalized spacial score (nSPS) is 12.2. The van der Waals surface area contributed by atoms with Gasteiger partial charge in [0.05, 0.1) is 7.11 Å². The van der Waals surface area contributed by atoms with Crippen molar-refractivity contribution in [1.82, 2.24) is 5.43 Å². The van der Waals surface area contributed by atoms with Crippen LogP contribution in [0.2, 0.25) is 0 Å². The highest BCUT2D eigenvalue weighted by Gasteiger charge is 2.12. The van der Waals surface area contributed by atoms with Crippen LogP contribution in [-0.4, -0.2) is 13.2 Å². The summed E-state index contributed by atoms with van der Waals surface area (Å²) < 4.78 is 19.7. The van der Waals surface area contributed by atoms with E-state index in [4.69, 9.17) is 10.6 Å². The third-order valence-electron chi connectivity index (χ3n) is 3.36. The van der Waals surface area contributed by atoms with E-state index in [0.29, 0.717) is 12.0 Å². The lowest BCUT2D eigenvalue weighted by molar-refractivity contribution is 0.414. The molecule has 3 N–H and O–H groups in total. The molecular weight excluding hydrogens is 335 g/mol. The number of nitrogens with two attached hydrogens (primary N) is 1. The predicted octanol–water partition coefficient (Wildman–Crippen LogP) is 3.21. The molecule has 0 aliphatic heterocycles. The van der Waals surface area contributed by atoms with Crippen molar-refractivity contribution in [2.24, 2.45) is 5.84 Å². The van der Waals surface area contributed by atoms with Crippen molar-refractivity contribution in [2.75, 3.05) is 7.11 Å². The number of methoxy groups -OCH3 is 1. The number of nitrogens with one attached hydrogen (secondary N) is 1. The van der Waals surface area contributed by atoms with Gasteiger partial charge in [-0.15, -0.1) is 0 Å². The molecule has 0 saturated carbocycles. The maximum Gasteiger partial charge on any atom is 0.127 e. The zero-order valence-electron chi connectivity index (χ0n) is 11.8. The number of hydrazine groups is 1. The molecule has 0 spiro atoms. The van der Waals surface area contributed by atoms with Gasteiger partial charge in [0, 0.05) is 10.5 Å². The molecule has 112 valence electrons. The van der Waals surface area contributed by atoms with E-state index in [1.165, 1.54) is 6.07 Å². The van der Waals surface area contributed by atoms with Crippen molar-refractivity contribution in [3.8, 4) is 5.75 Å². The first-order chi connectivity index (χ1) is 10.1. The Morgan fingerprint density at radius 2 is 1.90 bits per heavy atom. The van der Waals surface area contributed by atoms with Crippen molar-refractivity contribution >= 4 is 15.9 Å². The van der Waals surface area contributed by atoms with Crippen LogP contribution in [-0.2, 0) is 12.8 Å². The second-order valence-corrected chi connectivity index (χ2v) is 5.77. The first kappa shape index (κ1) is 15.9. The second-order valence-electron chi connectivity index (χ2n) is 4.86. The Kier molecular flexibility index (Phi) is 5.73. The van der Waals surface area contributed by atoms with Crippen LogP contribution in [0.15, 0.2) is 46.9 Å². The highest BCUT2D eigenvalue weighted by molar-refractivity contribution is 9.10. The lowest BCUT2D eigenvalue weighted by Gasteiger charge is -2.17. The standard InChI is InChI=1S/C16H18BrFN2O/c1-21-15-6-2-11(3-7-15)8-14(20-19)9-12-4-5-13(17)10-16(12)18/h2-7,10,14,20H,8-9,19H2,1H3. The molecule has 0 fully saturated rings. The number of hydrogen-bond acceptors (Lipinski definition) is 3. The SMILES string of the molecule is COc1ccc(CC(Cc2ccc(Br)cc2F)NN)cc1. The number of halogens is 2. The van der Waals surface area contributed by atoms with Gasteiger partial charge in [0.1, 0.15) is 11.6 Å². The van der Waals surface area contributed by atoms with Gasteiger partial charge >= 0.3 is 0 Å². The van der Waals surface area contributed by atoms with Crippen LogP contribution in [0.1, 0.15) is 11.1 Å². The molecule has 1 atom stereocenters. The molecule has 21 heavy (non-hydrogen) atoms. The molecule has 2 rings (SSSR count). The van der Waals surface area contributed by atoms with Crippen LogP contribution in [0, 0.1) is 5.82 Å². The summed E-state index contributed by atoms with van der Waals surface area (Å²) in [6.45, 7) is 0. The van der Waals surface area contributed by atoms with Crippen molar-refractivity contribution in [3.63, 3.8) is 0 Å². The van der Waals surface area contributed by atoms with Crippen molar-refractivity contribution in [2.45, 2.75) is 18.9 Å². The fourth-order valence-electron chi connectivity index (χ4n) is 2.19. The fraction of sp³-hybridized carbons (Fsp3) is 0.250. The minimum atomic E-state index is -0.223. The molecule has 1 unspecified atom stereocenters. The Balaban J connectivity index is 2.05. The van der Waals surface area contributed by atoms with Crippen LogP contribution in [0.5, 0.6) is 5.75 Å². The third-order valence-corrected chi connectivity index (χ3v) is 3.85. The van der Waals surface area contributed by atoms with Gasteiger partial charge in [-0.1, -0.05) is 34.1 Å². The maximum atomic E-state index is 13.9. The molecule has 2 aromatic carbocycles. The minimum Gasteiger partial charge on any atom is -0.497 e. The van der Waals surface area contributed by atoms with Gasteiger partial charge in [0.2, 0.25) is 0 Å². The van der Waals surface area contributed by atoms with Gasteiger partial charge in [-0.25, -0.2) is 4.39 Å². The number of benzene rings is 2. The van der Waals surface area contributed by atoms with E-state index in [9.17, 15) is 4.39 Å². The minimum absolute atomic E-state index is 0.0333. The van der Waals surface area contributed by atoms with E-state index in [1.54, 1.807) is 13.2 Å². The molecule has 0 amide bonds. The van der Waals surface area contributed by atoms with Crippen molar-refractivity contribution in [3.05, 3.63) is 63.9 Å². The Morgan fingerprint density at radius 1 is 1.19 bits per heavy atom. The zero-order valence-corrected chi connectivity index (χ0v) is 13.4. The quantitative estimate of drug-likeness (QED) is 0.619. The first-order valence-electron chi connectivity index (χ1n) is 6.65. The smallest absolute Gasteiger partial charge is 0.127 e. The van der Waals surface area contributed by atoms with Crippen LogP contribution in [0.4, 0.5) is 4.39 Å². The van der Waals surface area contributed by atoms with E-state index in [-0.39, 0.29) is 11.9 Å². The molecule has 0 aliphatic carbocycles. The second kappa shape index (κ2) is 7.54. The summed E-state index contributed by atoms with van der Waals surface area (Å²) in [5.74, 6) is 6.19. The Bertz CT molecular complexity index is 589. The fourth-order valence-corrected chi connectivity index (χ4v) is 2.52. The molecule has 5 heteroatoms. The van der Waals surface area contributed by atoms with Gasteiger partial charge in [0.25, 0.3) is 0 Å². The van der Waals surface area contributed by atoms with Gasteiger partial charge in [-0.2, -0.15) is 0 Å². The Hall–Kier alpha value is -1.43. The lowest BCUT2D eigenvalue weighted by atomic mass is 9.99. The summed E-state index contributed by atoms with van der Waals surface area (Å²) in [5, 5.41) is 0. The molecule has 0 aromatic heterocycles. The third kappa shape index (κ3) is 4.52.